The van der Waals surface area contributed by atoms with Crippen LogP contribution in [-0.2, 0) is 14.8 Å². The van der Waals surface area contributed by atoms with Gasteiger partial charge in [-0.15, -0.1) is 10.2 Å². The maximum Gasteiger partial charge on any atom is 0.243 e. The van der Waals surface area contributed by atoms with E-state index >= 15 is 0 Å². The lowest BCUT2D eigenvalue weighted by atomic mass is 9.94. The van der Waals surface area contributed by atoms with Crippen LogP contribution in [0.2, 0.25) is 0 Å². The first kappa shape index (κ1) is 25.9. The van der Waals surface area contributed by atoms with E-state index in [1.807, 2.05) is 52.9 Å². The second-order valence-electron chi connectivity index (χ2n) is 9.70. The molecule has 1 saturated carbocycles. The first-order valence-electron chi connectivity index (χ1n) is 12.9. The van der Waals surface area contributed by atoms with Crippen molar-refractivity contribution in [2.45, 2.75) is 61.0 Å². The van der Waals surface area contributed by atoms with Crippen molar-refractivity contribution in [2.75, 3.05) is 25.9 Å². The van der Waals surface area contributed by atoms with Crippen molar-refractivity contribution in [1.29, 1.82) is 0 Å². The van der Waals surface area contributed by atoms with Gasteiger partial charge in [0.05, 0.1) is 10.6 Å². The van der Waals surface area contributed by atoms with Crippen molar-refractivity contribution in [3.8, 4) is 17.1 Å². The van der Waals surface area contributed by atoms with Gasteiger partial charge in [0.15, 0.2) is 11.0 Å². The van der Waals surface area contributed by atoms with Crippen LogP contribution in [0.4, 0.5) is 0 Å². The summed E-state index contributed by atoms with van der Waals surface area (Å²) in [7, 11) is -1.66. The van der Waals surface area contributed by atoms with Gasteiger partial charge in [0.2, 0.25) is 15.9 Å². The molecule has 0 radical (unpaired) electrons. The van der Waals surface area contributed by atoms with E-state index in [1.54, 1.807) is 22.5 Å². The van der Waals surface area contributed by atoms with Crippen LogP contribution in [-0.4, -0.2) is 70.2 Å². The van der Waals surface area contributed by atoms with Gasteiger partial charge in [-0.2, -0.15) is 4.31 Å². The highest BCUT2D eigenvalue weighted by atomic mass is 32.2. The Labute approximate surface area is 223 Å². The summed E-state index contributed by atoms with van der Waals surface area (Å²) < 4.78 is 29.8. The summed E-state index contributed by atoms with van der Waals surface area (Å²) in [5.41, 5.74) is 1.51. The summed E-state index contributed by atoms with van der Waals surface area (Å²) in [6, 6.07) is 16.9. The molecule has 3 aromatic rings. The predicted octanol–water partition coefficient (Wildman–Crippen LogP) is 4.60. The van der Waals surface area contributed by atoms with Gasteiger partial charge in [-0.05, 0) is 49.9 Å². The summed E-state index contributed by atoms with van der Waals surface area (Å²) in [5, 5.41) is 9.48. The quantitative estimate of drug-likeness (QED) is 0.389. The number of amides is 1. The number of carbonyl (C=O) groups excluding carboxylic acids is 1. The molecule has 0 bridgehead atoms. The molecular weight excluding hydrogens is 506 g/mol. The monoisotopic (exact) mass is 539 g/mol. The predicted molar refractivity (Wildman–Crippen MR) is 145 cm³/mol. The number of hydrogen-bond acceptors (Lipinski definition) is 6. The molecule has 0 N–H and O–H groups in total. The number of benzene rings is 2. The molecule has 2 fully saturated rings. The molecule has 1 amide bonds. The Morgan fingerprint density at radius 2 is 1.70 bits per heavy atom. The SMILES string of the molecule is CN(C(=O)CSc1nnc(-c2cccc(S(=O)(=O)N3CCCC3)c2)n1-c1ccccc1)C1CCCCC1. The highest BCUT2D eigenvalue weighted by molar-refractivity contribution is 7.99. The van der Waals surface area contributed by atoms with E-state index in [0.29, 0.717) is 35.7 Å². The molecule has 196 valence electrons. The lowest BCUT2D eigenvalue weighted by Gasteiger charge is -2.31. The number of nitrogens with zero attached hydrogens (tertiary/aromatic N) is 5. The second kappa shape index (κ2) is 11.4. The summed E-state index contributed by atoms with van der Waals surface area (Å²) in [4.78, 5) is 15.1. The zero-order valence-corrected chi connectivity index (χ0v) is 22.8. The minimum absolute atomic E-state index is 0.0831. The molecule has 2 heterocycles. The third-order valence-electron chi connectivity index (χ3n) is 7.28. The maximum atomic E-state index is 13.2. The molecule has 0 spiro atoms. The number of para-hydroxylation sites is 1. The van der Waals surface area contributed by atoms with Crippen LogP contribution < -0.4 is 0 Å². The Kier molecular flexibility index (Phi) is 7.97. The van der Waals surface area contributed by atoms with Crippen LogP contribution in [0.15, 0.2) is 64.6 Å². The van der Waals surface area contributed by atoms with Crippen LogP contribution in [0.3, 0.4) is 0 Å². The van der Waals surface area contributed by atoms with Crippen LogP contribution in [0.25, 0.3) is 17.1 Å². The van der Waals surface area contributed by atoms with Gasteiger partial charge in [0, 0.05) is 37.4 Å². The maximum absolute atomic E-state index is 13.2. The molecular formula is C27H33N5O3S2. The smallest absolute Gasteiger partial charge is 0.243 e. The topological polar surface area (TPSA) is 88.4 Å². The fourth-order valence-corrected chi connectivity index (χ4v) is 7.57. The van der Waals surface area contributed by atoms with Crippen molar-refractivity contribution in [3.05, 3.63) is 54.6 Å². The average molecular weight is 540 g/mol. The molecule has 1 aromatic heterocycles. The van der Waals surface area contributed by atoms with Gasteiger partial charge in [-0.25, -0.2) is 8.42 Å². The van der Waals surface area contributed by atoms with E-state index in [4.69, 9.17) is 0 Å². The third-order valence-corrected chi connectivity index (χ3v) is 10.1. The summed E-state index contributed by atoms with van der Waals surface area (Å²) >= 11 is 1.36. The van der Waals surface area contributed by atoms with E-state index in [-0.39, 0.29) is 16.6 Å². The Morgan fingerprint density at radius 1 is 0.973 bits per heavy atom. The molecule has 10 heteroatoms. The Bertz CT molecular complexity index is 1330. The largest absolute Gasteiger partial charge is 0.342 e. The first-order chi connectivity index (χ1) is 17.9. The first-order valence-corrected chi connectivity index (χ1v) is 15.4. The highest BCUT2D eigenvalue weighted by Gasteiger charge is 2.28. The molecule has 8 nitrogen and oxygen atoms in total. The van der Waals surface area contributed by atoms with Gasteiger partial charge in [0.25, 0.3) is 0 Å². The number of carbonyl (C=O) groups is 1. The van der Waals surface area contributed by atoms with Crippen molar-refractivity contribution in [1.82, 2.24) is 24.0 Å². The fourth-order valence-electron chi connectivity index (χ4n) is 5.13. The van der Waals surface area contributed by atoms with Crippen LogP contribution in [0, 0.1) is 0 Å². The van der Waals surface area contributed by atoms with E-state index in [1.165, 1.54) is 31.0 Å². The Hall–Kier alpha value is -2.69. The highest BCUT2D eigenvalue weighted by Crippen LogP contribution is 2.31. The lowest BCUT2D eigenvalue weighted by molar-refractivity contribution is -0.129. The Morgan fingerprint density at radius 3 is 2.43 bits per heavy atom. The van der Waals surface area contributed by atoms with Crippen molar-refractivity contribution in [3.63, 3.8) is 0 Å². The summed E-state index contributed by atoms with van der Waals surface area (Å²) in [6.07, 6.45) is 7.49. The van der Waals surface area contributed by atoms with Crippen molar-refractivity contribution < 1.29 is 13.2 Å². The minimum Gasteiger partial charge on any atom is -0.342 e. The molecule has 0 unspecified atom stereocenters. The van der Waals surface area contributed by atoms with Gasteiger partial charge >= 0.3 is 0 Å². The van der Waals surface area contributed by atoms with Gasteiger partial charge in [-0.1, -0.05) is 61.4 Å². The van der Waals surface area contributed by atoms with E-state index < -0.39 is 10.0 Å². The number of hydrogen-bond donors (Lipinski definition) is 0. The van der Waals surface area contributed by atoms with Crippen LogP contribution in [0.5, 0.6) is 0 Å². The van der Waals surface area contributed by atoms with Gasteiger partial charge in [-0.3, -0.25) is 9.36 Å². The van der Waals surface area contributed by atoms with Crippen LogP contribution >= 0.6 is 11.8 Å². The standard InChI is InChI=1S/C27H33N5O3S2/c1-30(22-12-4-2-5-13-22)25(33)20-36-27-29-28-26(32(27)23-14-6-3-7-15-23)21-11-10-16-24(19-21)37(34,35)31-17-8-9-18-31/h3,6-7,10-11,14-16,19,22H,2,4-5,8-9,12-13,17-18,20H2,1H3. The molecule has 0 atom stereocenters. The number of aromatic nitrogens is 3. The lowest BCUT2D eigenvalue weighted by Crippen LogP contribution is -2.39. The number of sulfonamides is 1. The molecule has 2 aliphatic rings. The molecule has 1 aliphatic heterocycles. The zero-order chi connectivity index (χ0) is 25.8. The van der Waals surface area contributed by atoms with E-state index in [0.717, 1.165) is 31.4 Å². The second-order valence-corrected chi connectivity index (χ2v) is 12.6. The minimum atomic E-state index is -3.56. The van der Waals surface area contributed by atoms with Gasteiger partial charge in [0.1, 0.15) is 0 Å². The normalized spacial score (nSPS) is 17.2. The zero-order valence-electron chi connectivity index (χ0n) is 21.1. The van der Waals surface area contributed by atoms with Crippen molar-refractivity contribution >= 4 is 27.7 Å². The average Bonchev–Trinajstić information content (AvgIpc) is 3.63. The third kappa shape index (κ3) is 5.61. The number of rotatable bonds is 8. The molecule has 1 saturated heterocycles. The Balaban J connectivity index is 1.43. The summed E-state index contributed by atoms with van der Waals surface area (Å²) in [5.74, 6) is 0.890. The van der Waals surface area contributed by atoms with Crippen LogP contribution in [0.1, 0.15) is 44.9 Å². The summed E-state index contributed by atoms with van der Waals surface area (Å²) in [6.45, 7) is 1.10. The number of thioether (sulfide) groups is 1. The molecule has 37 heavy (non-hydrogen) atoms. The molecule has 5 rings (SSSR count). The van der Waals surface area contributed by atoms with E-state index in [9.17, 15) is 13.2 Å². The molecule has 1 aliphatic carbocycles. The van der Waals surface area contributed by atoms with Gasteiger partial charge < -0.3 is 4.90 Å². The molecule has 2 aromatic carbocycles. The fraction of sp³-hybridized carbons (Fsp3) is 0.444. The van der Waals surface area contributed by atoms with Crippen molar-refractivity contribution in [2.24, 2.45) is 0 Å². The van der Waals surface area contributed by atoms with E-state index in [2.05, 4.69) is 10.2 Å².